The molecular formula is C124H165ClN2OS. The molecule has 0 saturated heterocycles. The van der Waals surface area contributed by atoms with Gasteiger partial charge in [0.1, 0.15) is 11.5 Å². The summed E-state index contributed by atoms with van der Waals surface area (Å²) in [7, 11) is 0. The lowest BCUT2D eigenvalue weighted by Crippen LogP contribution is -2.10. The van der Waals surface area contributed by atoms with E-state index in [4.69, 9.17) is 22.1 Å². The van der Waals surface area contributed by atoms with Crippen molar-refractivity contribution in [1.29, 1.82) is 0 Å². The lowest BCUT2D eigenvalue weighted by molar-refractivity contribution is 0.443. The average molecular weight is 1770 g/mol. The second-order valence-electron chi connectivity index (χ2n) is 39.9. The van der Waals surface area contributed by atoms with E-state index in [1.165, 1.54) is 157 Å². The summed E-state index contributed by atoms with van der Waals surface area (Å²) in [5.74, 6) is 9.04. The Morgan fingerprint density at radius 2 is 0.690 bits per heavy atom. The van der Waals surface area contributed by atoms with E-state index in [2.05, 4.69) is 447 Å². The van der Waals surface area contributed by atoms with E-state index in [1.807, 2.05) is 54.0 Å². The van der Waals surface area contributed by atoms with Crippen LogP contribution in [0.3, 0.4) is 0 Å². The predicted octanol–water partition coefficient (Wildman–Crippen LogP) is 38.1. The first-order chi connectivity index (χ1) is 61.2. The zero-order valence-corrected chi connectivity index (χ0v) is 86.4. The Hall–Kier alpha value is -9.84. The van der Waals surface area contributed by atoms with E-state index in [0.717, 1.165) is 52.5 Å². The molecule has 12 aromatic carbocycles. The number of para-hydroxylation sites is 2. The van der Waals surface area contributed by atoms with Crippen LogP contribution < -0.4 is 10.5 Å². The zero-order chi connectivity index (χ0) is 95.1. The topological polar surface area (TPSA) is 48.1 Å². The van der Waals surface area contributed by atoms with Gasteiger partial charge in [-0.15, -0.1) is 11.3 Å². The maximum atomic E-state index is 5.82. The highest BCUT2D eigenvalue weighted by Crippen LogP contribution is 2.35. The molecule has 0 aliphatic heterocycles. The highest BCUT2D eigenvalue weighted by molar-refractivity contribution is 7.07. The molecule has 0 atom stereocenters. The van der Waals surface area contributed by atoms with Gasteiger partial charge in [0, 0.05) is 16.0 Å². The fourth-order valence-corrected chi connectivity index (χ4v) is 15.3. The number of ether oxygens (including phenoxy) is 1. The number of nitrogens with two attached hydrogens (primary N) is 1. The van der Waals surface area contributed by atoms with Crippen molar-refractivity contribution in [3.05, 3.63) is 402 Å². The molecule has 1 aromatic heterocycles. The third-order valence-corrected chi connectivity index (χ3v) is 23.4. The second kappa shape index (κ2) is 58.7. The maximum Gasteiger partial charge on any atom is 0.150 e. The summed E-state index contributed by atoms with van der Waals surface area (Å²) >= 11 is 7.38. The SMILES string of the molecule is CC(C)Cc1ccc(Cl)cc1.CC(C)c1ccc(-c2cscn2)cc1.CC(C)c1ccc(C(C)(C)C)cc1.CC(C)c1ccc(C2CCCCC2)cc1.CC(C)c1ccc(Oc2ccccc2N)cc1.Cc1ccc(C(C)C)cc1.Cc1ccc(CC(C)C)cc1.Cc1ccc(CC(C)C)cc1.Cc1cccc(-c2ccc(C(C)C)cc2)c1.Cc1cccc(CC(C)C)c1. The van der Waals surface area contributed by atoms with Gasteiger partial charge in [0.05, 0.1) is 16.9 Å². The van der Waals surface area contributed by atoms with Gasteiger partial charge in [-0.1, -0.05) is 473 Å². The van der Waals surface area contributed by atoms with Gasteiger partial charge >= 0.3 is 0 Å². The summed E-state index contributed by atoms with van der Waals surface area (Å²) in [5.41, 5.74) is 37.3. The fourth-order valence-electron chi connectivity index (χ4n) is 14.6. The smallest absolute Gasteiger partial charge is 0.150 e. The van der Waals surface area contributed by atoms with Crippen LogP contribution in [0.5, 0.6) is 11.5 Å². The van der Waals surface area contributed by atoms with E-state index >= 15 is 0 Å². The van der Waals surface area contributed by atoms with E-state index in [-0.39, 0.29) is 5.41 Å². The summed E-state index contributed by atoms with van der Waals surface area (Å²) in [6.45, 7) is 61.9. The normalized spacial score (nSPS) is 11.7. The number of rotatable bonds is 19. The molecule has 13 aromatic rings. The molecule has 1 aliphatic carbocycles. The largest absolute Gasteiger partial charge is 0.455 e. The third kappa shape index (κ3) is 45.0. The molecule has 1 heterocycles. The lowest BCUT2D eigenvalue weighted by Gasteiger charge is -2.22. The summed E-state index contributed by atoms with van der Waals surface area (Å²) in [6.07, 6.45) is 11.8. The summed E-state index contributed by atoms with van der Waals surface area (Å²) in [5, 5.41) is 2.89. The van der Waals surface area contributed by atoms with Crippen LogP contribution in [0.2, 0.25) is 5.02 Å². The first-order valence-electron chi connectivity index (χ1n) is 48.2. The van der Waals surface area contributed by atoms with Crippen molar-refractivity contribution < 1.29 is 4.74 Å². The Bertz CT molecular complexity index is 4950. The Morgan fingerprint density at radius 1 is 0.341 bits per heavy atom. The molecule has 1 saturated carbocycles. The molecule has 3 nitrogen and oxygen atoms in total. The fraction of sp³-hybridized carbons (Fsp3) is 0.395. The number of nitrogen functional groups attached to an aromatic ring is 1. The number of aromatic nitrogens is 1. The Kier molecular flexibility index (Phi) is 49.9. The van der Waals surface area contributed by atoms with Crippen molar-refractivity contribution in [2.75, 3.05) is 5.73 Å². The molecule has 14 rings (SSSR count). The van der Waals surface area contributed by atoms with Crippen molar-refractivity contribution in [2.24, 2.45) is 23.7 Å². The van der Waals surface area contributed by atoms with Crippen LogP contribution in [0.4, 0.5) is 5.69 Å². The lowest BCUT2D eigenvalue weighted by atomic mass is 9.83. The molecule has 0 unspecified atom stereocenters. The first kappa shape index (κ1) is 110. The molecule has 0 bridgehead atoms. The third-order valence-electron chi connectivity index (χ3n) is 22.6. The Labute approximate surface area is 796 Å². The van der Waals surface area contributed by atoms with Crippen molar-refractivity contribution in [1.82, 2.24) is 4.98 Å². The number of thiazole rings is 1. The van der Waals surface area contributed by atoms with Crippen LogP contribution in [0.1, 0.15) is 327 Å². The highest BCUT2D eigenvalue weighted by atomic mass is 35.5. The van der Waals surface area contributed by atoms with Gasteiger partial charge in [0.15, 0.2) is 0 Å². The Balaban J connectivity index is 0.000000255. The van der Waals surface area contributed by atoms with E-state index in [1.54, 1.807) is 16.9 Å². The monoisotopic (exact) mass is 1770 g/mol. The number of benzene rings is 12. The van der Waals surface area contributed by atoms with Crippen LogP contribution in [-0.4, -0.2) is 4.98 Å². The van der Waals surface area contributed by atoms with Gasteiger partial charge in [0.25, 0.3) is 0 Å². The van der Waals surface area contributed by atoms with Crippen molar-refractivity contribution in [2.45, 2.75) is 298 Å². The molecule has 129 heavy (non-hydrogen) atoms. The molecule has 0 amide bonds. The Morgan fingerprint density at radius 3 is 1.06 bits per heavy atom. The standard InChI is InChI=1S/C16H18.C15H17NO.C15H22.C13H20.C12H13NS.3C11H16.C10H13Cl.C10H14/c1-12(2)14-7-9-15(10-8-14)16-6-4-5-13(3)11-16;1-11(2)12-7-9-13(10-8-12)17-15-6-4-3-5-14(15)16;1-12(2)13-8-10-15(11-9-13)14-6-4-3-5-7-14;1-10(2)11-6-8-12(9-7-11)13(3,4)5;1-9(2)10-3-5-11(6-4-10)12-7-14-8-13-12;2*1-9(2)8-11-6-4-10(3)5-7-11;1-9(2)7-11-6-4-5-10(3)8-11;1-8(2)7-9-3-5-10(11)6-4-9;1-8(2)10-6-4-9(3)5-7-10/h4-12H,1-3H3;3-11H,16H2,1-2H3;8-12,14H,3-7H2,1-2H3;6-10H,1-5H3;3-9H,1-2H3;2*4-7,9H,8H2,1-3H3;4-6,8-9H,7H2,1-3H3;3-6,8H,7H2,1-2H3;4-8H,1-3H3. The molecule has 0 radical (unpaired) electrons. The number of halogens is 1. The number of anilines is 1. The van der Waals surface area contributed by atoms with Crippen molar-refractivity contribution in [3.8, 4) is 33.9 Å². The van der Waals surface area contributed by atoms with E-state index in [9.17, 15) is 0 Å². The zero-order valence-electron chi connectivity index (χ0n) is 84.8. The number of hydrogen-bond donors (Lipinski definition) is 1. The predicted molar refractivity (Wildman–Crippen MR) is 574 cm³/mol. The van der Waals surface area contributed by atoms with Crippen molar-refractivity contribution >= 4 is 28.6 Å². The molecular weight excluding hydrogens is 1600 g/mol. The van der Waals surface area contributed by atoms with Crippen LogP contribution in [-0.2, 0) is 31.1 Å². The van der Waals surface area contributed by atoms with Crippen LogP contribution in [0.25, 0.3) is 22.4 Å². The number of nitrogens with zero attached hydrogens (tertiary/aromatic N) is 1. The molecule has 5 heteroatoms. The minimum absolute atomic E-state index is 0.273. The van der Waals surface area contributed by atoms with Gasteiger partial charge in [-0.05, 0) is 258 Å². The quantitative estimate of drug-likeness (QED) is 0.0821. The summed E-state index contributed by atoms with van der Waals surface area (Å²) < 4.78 is 5.72. The molecule has 1 fully saturated rings. The average Bonchev–Trinajstić information content (AvgIpc) is 1.85. The number of aryl methyl sites for hydroxylation is 5. The van der Waals surface area contributed by atoms with Gasteiger partial charge in [-0.2, -0.15) is 0 Å². The van der Waals surface area contributed by atoms with E-state index in [0.29, 0.717) is 46.9 Å². The minimum atomic E-state index is 0.273. The highest BCUT2D eigenvalue weighted by Gasteiger charge is 2.17. The van der Waals surface area contributed by atoms with Crippen LogP contribution in [0, 0.1) is 58.3 Å². The maximum absolute atomic E-state index is 5.82. The van der Waals surface area contributed by atoms with Crippen LogP contribution >= 0.6 is 22.9 Å². The summed E-state index contributed by atoms with van der Waals surface area (Å²) in [4.78, 5) is 4.28. The van der Waals surface area contributed by atoms with Gasteiger partial charge in [-0.25, -0.2) is 4.98 Å². The second-order valence-corrected chi connectivity index (χ2v) is 41.0. The minimum Gasteiger partial charge on any atom is -0.455 e. The molecule has 1 aliphatic rings. The van der Waals surface area contributed by atoms with Gasteiger partial charge in [0.2, 0.25) is 0 Å². The summed E-state index contributed by atoms with van der Waals surface area (Å²) in [6, 6.07) is 103. The molecule has 0 spiro atoms. The van der Waals surface area contributed by atoms with Crippen LogP contribution in [0.15, 0.2) is 302 Å². The van der Waals surface area contributed by atoms with Gasteiger partial charge < -0.3 is 10.5 Å². The molecule has 690 valence electrons. The first-order valence-corrected chi connectivity index (χ1v) is 49.5. The number of hydrogen-bond acceptors (Lipinski definition) is 4. The van der Waals surface area contributed by atoms with E-state index < -0.39 is 0 Å². The molecule has 2 N–H and O–H groups in total. The van der Waals surface area contributed by atoms with Gasteiger partial charge in [-0.3, -0.25) is 0 Å². The van der Waals surface area contributed by atoms with Crippen molar-refractivity contribution in [3.63, 3.8) is 0 Å².